The average molecular weight is 345 g/mol. The highest BCUT2D eigenvalue weighted by Gasteiger charge is 2.14. The Hall–Kier alpha value is -2.51. The molecule has 5 nitrogen and oxygen atoms in total. The first-order valence-corrected chi connectivity index (χ1v) is 7.90. The lowest BCUT2D eigenvalue weighted by Gasteiger charge is -2.10. The maximum absolute atomic E-state index is 12.1. The first-order valence-electron chi connectivity index (χ1n) is 6.67. The summed E-state index contributed by atoms with van der Waals surface area (Å²) in [7, 11) is 0. The van der Waals surface area contributed by atoms with E-state index in [4.69, 9.17) is 22.1 Å². The minimum Gasteiger partial charge on any atom is -0.478 e. The molecule has 0 unspecified atom stereocenters. The van der Waals surface area contributed by atoms with Crippen LogP contribution in [0.2, 0.25) is 0 Å². The molecule has 0 spiro atoms. The number of hydrogen-bond acceptors (Lipinski definition) is 5. The van der Waals surface area contributed by atoms with Crippen molar-refractivity contribution in [1.82, 2.24) is 4.57 Å². The molecule has 0 radical (unpaired) electrons. The van der Waals surface area contributed by atoms with Gasteiger partial charge >= 0.3 is 10.8 Å². The van der Waals surface area contributed by atoms with Crippen molar-refractivity contribution < 1.29 is 14.6 Å². The number of benzene rings is 2. The summed E-state index contributed by atoms with van der Waals surface area (Å²) in [6.07, 6.45) is 0. The molecule has 1 heterocycles. The van der Waals surface area contributed by atoms with Crippen LogP contribution < -0.4 is 9.61 Å². The third kappa shape index (κ3) is 3.15. The van der Waals surface area contributed by atoms with Crippen molar-refractivity contribution >= 4 is 44.8 Å². The van der Waals surface area contributed by atoms with Crippen LogP contribution in [0.3, 0.4) is 0 Å². The highest BCUT2D eigenvalue weighted by molar-refractivity contribution is 7.80. The number of fused-ring (bicyclic) bond motifs is 1. The normalized spacial score (nSPS) is 10.6. The number of thiazole rings is 1. The Morgan fingerprint density at radius 3 is 2.65 bits per heavy atom. The van der Waals surface area contributed by atoms with Crippen molar-refractivity contribution in [2.75, 3.05) is 0 Å². The van der Waals surface area contributed by atoms with Crippen molar-refractivity contribution in [3.8, 4) is 5.75 Å². The van der Waals surface area contributed by atoms with Gasteiger partial charge in [0.25, 0.3) is 0 Å². The molecular weight excluding hydrogens is 334 g/mol. The third-order valence-electron chi connectivity index (χ3n) is 3.20. The molecule has 116 valence electrons. The number of ether oxygens (including phenoxy) is 1. The largest absolute Gasteiger partial charge is 0.478 e. The van der Waals surface area contributed by atoms with E-state index in [1.807, 2.05) is 24.3 Å². The van der Waals surface area contributed by atoms with E-state index in [1.54, 1.807) is 12.1 Å². The maximum atomic E-state index is 12.1. The number of thiocarbonyl (C=S) groups is 1. The molecule has 0 saturated heterocycles. The zero-order valence-electron chi connectivity index (χ0n) is 11.8. The smallest absolute Gasteiger partial charge is 0.339 e. The summed E-state index contributed by atoms with van der Waals surface area (Å²) >= 11 is 6.32. The van der Waals surface area contributed by atoms with Crippen molar-refractivity contribution in [2.45, 2.75) is 6.54 Å². The summed E-state index contributed by atoms with van der Waals surface area (Å²) in [6, 6.07) is 13.6. The standard InChI is InChI=1S/C16H11NO4S2/c18-15(19)10-5-1-3-7-12(10)21-14(22)9-17-11-6-2-4-8-13(11)23-16(17)20/h1-8H,9H2,(H,18,19). The molecular formula is C16H11NO4S2. The lowest BCUT2D eigenvalue weighted by Crippen LogP contribution is -2.22. The van der Waals surface area contributed by atoms with Gasteiger partial charge in [-0.05, 0) is 36.5 Å². The predicted molar refractivity (Wildman–Crippen MR) is 92.7 cm³/mol. The Bertz CT molecular complexity index is 958. The summed E-state index contributed by atoms with van der Waals surface area (Å²) in [4.78, 5) is 23.1. The molecule has 0 atom stereocenters. The van der Waals surface area contributed by atoms with Gasteiger partial charge in [0, 0.05) is 0 Å². The minimum absolute atomic E-state index is 0.0253. The van der Waals surface area contributed by atoms with E-state index >= 15 is 0 Å². The van der Waals surface area contributed by atoms with Gasteiger partial charge in [-0.1, -0.05) is 35.6 Å². The van der Waals surface area contributed by atoms with Crippen LogP contribution in [-0.2, 0) is 6.54 Å². The quantitative estimate of drug-likeness (QED) is 0.736. The van der Waals surface area contributed by atoms with Crippen LogP contribution in [0.1, 0.15) is 10.4 Å². The molecule has 0 aliphatic carbocycles. The number of nitrogens with zero attached hydrogens (tertiary/aromatic N) is 1. The third-order valence-corrected chi connectivity index (χ3v) is 4.37. The van der Waals surface area contributed by atoms with Gasteiger partial charge in [-0.15, -0.1) is 0 Å². The van der Waals surface area contributed by atoms with Gasteiger partial charge in [0.15, 0.2) is 5.05 Å². The van der Waals surface area contributed by atoms with E-state index in [0.717, 1.165) is 21.6 Å². The van der Waals surface area contributed by atoms with Crippen LogP contribution in [0.5, 0.6) is 5.75 Å². The van der Waals surface area contributed by atoms with Crippen molar-refractivity contribution in [1.29, 1.82) is 0 Å². The Kier molecular flexibility index (Phi) is 4.22. The molecule has 3 rings (SSSR count). The summed E-state index contributed by atoms with van der Waals surface area (Å²) in [6.45, 7) is 0.0894. The van der Waals surface area contributed by atoms with Gasteiger partial charge in [-0.3, -0.25) is 9.36 Å². The minimum atomic E-state index is -1.10. The van der Waals surface area contributed by atoms with Crippen molar-refractivity contribution in [3.05, 3.63) is 63.8 Å². The fraction of sp³-hybridized carbons (Fsp3) is 0.0625. The van der Waals surface area contributed by atoms with Gasteiger partial charge in [0.1, 0.15) is 11.3 Å². The highest BCUT2D eigenvalue weighted by Crippen LogP contribution is 2.20. The van der Waals surface area contributed by atoms with Crippen LogP contribution in [0.25, 0.3) is 10.2 Å². The molecule has 23 heavy (non-hydrogen) atoms. The van der Waals surface area contributed by atoms with Gasteiger partial charge < -0.3 is 9.84 Å². The SMILES string of the molecule is O=C(O)c1ccccc1OC(=S)Cn1c(=O)sc2ccccc21. The predicted octanol–water partition coefficient (Wildman–Crippen LogP) is 3.17. The molecule has 7 heteroatoms. The Morgan fingerprint density at radius 2 is 1.87 bits per heavy atom. The van der Waals surface area contributed by atoms with E-state index in [2.05, 4.69) is 0 Å². The van der Waals surface area contributed by atoms with Crippen LogP contribution in [0.4, 0.5) is 0 Å². The van der Waals surface area contributed by atoms with E-state index in [0.29, 0.717) is 0 Å². The van der Waals surface area contributed by atoms with Crippen molar-refractivity contribution in [3.63, 3.8) is 0 Å². The first-order chi connectivity index (χ1) is 11.1. The van der Waals surface area contributed by atoms with Gasteiger partial charge in [-0.2, -0.15) is 0 Å². The van der Waals surface area contributed by atoms with E-state index in [1.165, 1.54) is 16.7 Å². The molecule has 1 N–H and O–H groups in total. The molecule has 1 aromatic heterocycles. The van der Waals surface area contributed by atoms with Crippen molar-refractivity contribution in [2.24, 2.45) is 0 Å². The number of aromatic nitrogens is 1. The number of hydrogen-bond donors (Lipinski definition) is 1. The van der Waals surface area contributed by atoms with Crippen LogP contribution in [0, 0.1) is 0 Å². The Morgan fingerprint density at radius 1 is 1.17 bits per heavy atom. The first kappa shape index (κ1) is 15.4. The van der Waals surface area contributed by atoms with Gasteiger partial charge in [0.05, 0.1) is 16.8 Å². The Labute approximate surface area is 140 Å². The molecule has 0 aliphatic rings. The molecule has 0 aliphatic heterocycles. The number of carbonyl (C=O) groups is 1. The van der Waals surface area contributed by atoms with Crippen LogP contribution in [-0.4, -0.2) is 20.7 Å². The summed E-state index contributed by atoms with van der Waals surface area (Å²) in [5, 5.41) is 9.27. The highest BCUT2D eigenvalue weighted by atomic mass is 32.1. The molecule has 2 aromatic carbocycles. The van der Waals surface area contributed by atoms with E-state index in [9.17, 15) is 9.59 Å². The maximum Gasteiger partial charge on any atom is 0.339 e. The molecule has 0 amide bonds. The lowest BCUT2D eigenvalue weighted by molar-refractivity contribution is 0.0694. The monoisotopic (exact) mass is 345 g/mol. The summed E-state index contributed by atoms with van der Waals surface area (Å²) in [5.74, 6) is -0.931. The number of rotatable bonds is 4. The summed E-state index contributed by atoms with van der Waals surface area (Å²) in [5.41, 5.74) is 0.803. The molecule has 3 aromatic rings. The van der Waals surface area contributed by atoms with Gasteiger partial charge in [0.2, 0.25) is 0 Å². The zero-order valence-corrected chi connectivity index (χ0v) is 13.4. The second-order valence-corrected chi connectivity index (χ2v) is 6.15. The molecule has 0 saturated carbocycles. The van der Waals surface area contributed by atoms with Crippen LogP contribution >= 0.6 is 23.6 Å². The molecule has 0 fully saturated rings. The number of carboxylic acid groups (broad SMARTS) is 1. The fourth-order valence-electron chi connectivity index (χ4n) is 2.18. The summed E-state index contributed by atoms with van der Waals surface area (Å²) < 4.78 is 7.87. The van der Waals surface area contributed by atoms with Gasteiger partial charge in [-0.25, -0.2) is 4.79 Å². The number of aromatic carboxylic acids is 1. The van der Waals surface area contributed by atoms with Crippen LogP contribution in [0.15, 0.2) is 53.3 Å². The number of para-hydroxylation sites is 2. The molecule has 0 bridgehead atoms. The second-order valence-electron chi connectivity index (χ2n) is 4.70. The van der Waals surface area contributed by atoms with E-state index < -0.39 is 5.97 Å². The number of carboxylic acids is 1. The fourth-order valence-corrected chi connectivity index (χ4v) is 3.29. The Balaban J connectivity index is 1.86. The average Bonchev–Trinajstić information content (AvgIpc) is 2.83. The van der Waals surface area contributed by atoms with E-state index in [-0.39, 0.29) is 27.8 Å². The zero-order chi connectivity index (χ0) is 16.4. The second kappa shape index (κ2) is 6.31. The lowest BCUT2D eigenvalue weighted by atomic mass is 10.2. The topological polar surface area (TPSA) is 68.5 Å².